The number of nitrogens with zero attached hydrogens (tertiary/aromatic N) is 3. The zero-order valence-corrected chi connectivity index (χ0v) is 29.3. The summed E-state index contributed by atoms with van der Waals surface area (Å²) < 4.78 is 6.16. The molecule has 0 aliphatic heterocycles. The Kier molecular flexibility index (Phi) is 9.65. The third-order valence-corrected chi connectivity index (χ3v) is 10.5. The molecule has 3 N–H and O–H groups in total. The minimum atomic E-state index is -1.01. The molecule has 9 heteroatoms. The summed E-state index contributed by atoms with van der Waals surface area (Å²) >= 11 is 1.75. The van der Waals surface area contributed by atoms with E-state index in [4.69, 9.17) is 9.72 Å². The van der Waals surface area contributed by atoms with Gasteiger partial charge < -0.3 is 19.9 Å². The van der Waals surface area contributed by atoms with Crippen molar-refractivity contribution in [1.29, 1.82) is 0 Å². The van der Waals surface area contributed by atoms with Crippen LogP contribution in [0.2, 0.25) is 0 Å². The van der Waals surface area contributed by atoms with Crippen molar-refractivity contribution in [2.45, 2.75) is 76.0 Å². The maximum atomic E-state index is 13.2. The molecular formula is C40H42N4O4S. The maximum absolute atomic E-state index is 13.2. The third-order valence-electron chi connectivity index (χ3n) is 9.19. The fourth-order valence-corrected chi connectivity index (χ4v) is 7.72. The summed E-state index contributed by atoms with van der Waals surface area (Å²) in [7, 11) is 0. The molecule has 6 rings (SSSR count). The minimum absolute atomic E-state index is 0.00948. The van der Waals surface area contributed by atoms with Gasteiger partial charge in [0.15, 0.2) is 11.6 Å². The molecule has 0 fully saturated rings. The number of carboxylic acid groups (broad SMARTS) is 1. The molecule has 3 aromatic heterocycles. The van der Waals surface area contributed by atoms with Gasteiger partial charge in [-0.15, -0.1) is 11.8 Å². The number of thioether (sulfide) groups is 1. The molecule has 0 saturated carbocycles. The van der Waals surface area contributed by atoms with Gasteiger partial charge in [-0.2, -0.15) is 0 Å². The SMILES string of the molecule is CCC(CC)(C(=O)O)C(Cc1ccc(-c2ncc(O)cn2)cc1)c1[nH]c2ccc(OCc3ccc4ccccc4n3)cc2c1SC(C)(C)C. The first-order valence-electron chi connectivity index (χ1n) is 16.7. The average molecular weight is 675 g/mol. The van der Waals surface area contributed by atoms with Crippen LogP contribution in [0, 0.1) is 5.41 Å². The van der Waals surface area contributed by atoms with E-state index in [0.717, 1.165) is 55.0 Å². The number of aliphatic carboxylic acids is 1. The van der Waals surface area contributed by atoms with Crippen LogP contribution in [0.25, 0.3) is 33.2 Å². The summed E-state index contributed by atoms with van der Waals surface area (Å²) in [6.45, 7) is 10.8. The molecule has 1 unspecified atom stereocenters. The molecule has 3 aromatic carbocycles. The number of carboxylic acids is 1. The number of carbonyl (C=O) groups is 1. The van der Waals surface area contributed by atoms with Gasteiger partial charge in [-0.05, 0) is 55.2 Å². The van der Waals surface area contributed by atoms with Crippen LogP contribution in [-0.4, -0.2) is 40.9 Å². The molecule has 0 bridgehead atoms. The average Bonchev–Trinajstić information content (AvgIpc) is 3.43. The van der Waals surface area contributed by atoms with Crippen LogP contribution in [0.4, 0.5) is 0 Å². The monoisotopic (exact) mass is 674 g/mol. The van der Waals surface area contributed by atoms with Crippen molar-refractivity contribution in [3.8, 4) is 22.9 Å². The number of H-pyrrole nitrogens is 1. The Labute approximate surface area is 291 Å². The number of para-hydroxylation sites is 1. The largest absolute Gasteiger partial charge is 0.505 e. The maximum Gasteiger partial charge on any atom is 0.310 e. The van der Waals surface area contributed by atoms with E-state index < -0.39 is 11.4 Å². The Morgan fingerprint density at radius 1 is 0.939 bits per heavy atom. The number of hydrogen-bond donors (Lipinski definition) is 3. The Balaban J connectivity index is 1.39. The van der Waals surface area contributed by atoms with Gasteiger partial charge in [-0.3, -0.25) is 4.79 Å². The smallest absolute Gasteiger partial charge is 0.310 e. The van der Waals surface area contributed by atoms with Crippen molar-refractivity contribution >= 4 is 39.5 Å². The number of fused-ring (bicyclic) bond motifs is 2. The Morgan fingerprint density at radius 2 is 1.65 bits per heavy atom. The van der Waals surface area contributed by atoms with Crippen LogP contribution in [-0.2, 0) is 17.8 Å². The van der Waals surface area contributed by atoms with Crippen molar-refractivity contribution in [3.05, 3.63) is 108 Å². The Hall–Kier alpha value is -4.89. The number of hydrogen-bond acceptors (Lipinski definition) is 7. The summed E-state index contributed by atoms with van der Waals surface area (Å²) in [4.78, 5) is 31.2. The fourth-order valence-electron chi connectivity index (χ4n) is 6.53. The molecule has 1 atom stereocenters. The third kappa shape index (κ3) is 7.27. The lowest BCUT2D eigenvalue weighted by Gasteiger charge is -2.36. The second-order valence-corrected chi connectivity index (χ2v) is 15.3. The van der Waals surface area contributed by atoms with Crippen molar-refractivity contribution in [1.82, 2.24) is 19.9 Å². The number of aromatic hydroxyl groups is 1. The lowest BCUT2D eigenvalue weighted by molar-refractivity contribution is -0.151. The van der Waals surface area contributed by atoms with E-state index in [9.17, 15) is 15.0 Å². The van der Waals surface area contributed by atoms with E-state index >= 15 is 0 Å². The summed E-state index contributed by atoms with van der Waals surface area (Å²) in [5.41, 5.74) is 4.47. The zero-order valence-electron chi connectivity index (χ0n) is 28.5. The minimum Gasteiger partial charge on any atom is -0.505 e. The molecule has 49 heavy (non-hydrogen) atoms. The van der Waals surface area contributed by atoms with Gasteiger partial charge in [0.1, 0.15) is 12.4 Å². The van der Waals surface area contributed by atoms with Crippen molar-refractivity contribution in [3.63, 3.8) is 0 Å². The van der Waals surface area contributed by atoms with Crippen LogP contribution in [0.3, 0.4) is 0 Å². The molecule has 8 nitrogen and oxygen atoms in total. The highest BCUT2D eigenvalue weighted by Gasteiger charge is 2.45. The first kappa shape index (κ1) is 34.0. The predicted octanol–water partition coefficient (Wildman–Crippen LogP) is 9.57. The highest BCUT2D eigenvalue weighted by molar-refractivity contribution is 8.00. The quantitative estimate of drug-likeness (QED) is 0.110. The molecule has 0 amide bonds. The van der Waals surface area contributed by atoms with E-state index in [1.54, 1.807) is 11.8 Å². The molecular weight excluding hydrogens is 633 g/mol. The van der Waals surface area contributed by atoms with Crippen LogP contribution in [0.15, 0.2) is 96.2 Å². The topological polar surface area (TPSA) is 121 Å². The lowest BCUT2D eigenvalue weighted by atomic mass is 9.67. The molecule has 0 saturated heterocycles. The van der Waals surface area contributed by atoms with E-state index in [-0.39, 0.29) is 16.4 Å². The summed E-state index contributed by atoms with van der Waals surface area (Å²) in [5.74, 6) is 0.1000. The zero-order chi connectivity index (χ0) is 34.8. The molecule has 252 valence electrons. The van der Waals surface area contributed by atoms with Crippen LogP contribution in [0.1, 0.15) is 70.3 Å². The number of rotatable bonds is 12. The summed E-state index contributed by atoms with van der Waals surface area (Å²) in [6, 6.07) is 26.1. The number of aromatic nitrogens is 4. The number of aromatic amines is 1. The number of ether oxygens (including phenoxy) is 1. The van der Waals surface area contributed by atoms with Crippen molar-refractivity contribution < 1.29 is 19.7 Å². The van der Waals surface area contributed by atoms with E-state index in [2.05, 4.69) is 47.9 Å². The second kappa shape index (κ2) is 13.9. The van der Waals surface area contributed by atoms with Crippen LogP contribution < -0.4 is 4.74 Å². The molecule has 6 aromatic rings. The molecule has 3 heterocycles. The van der Waals surface area contributed by atoms with Gasteiger partial charge in [-0.1, -0.05) is 83.1 Å². The van der Waals surface area contributed by atoms with Crippen molar-refractivity contribution in [2.75, 3.05) is 0 Å². The standard InChI is InChI=1S/C40H42N4O4S/c1-6-40(7-2,38(46)47)32(20-25-12-14-27(15-13-25)37-41-22-29(45)23-42-37)35-36(49-39(3,4)5)31-21-30(18-19-34(31)44-35)48-24-28-17-16-26-10-8-9-11-33(26)43-28/h8-19,21-23,32,44-45H,6-7,20,24H2,1-5H3,(H,46,47). The van der Waals surface area contributed by atoms with Crippen LogP contribution >= 0.6 is 11.8 Å². The van der Waals surface area contributed by atoms with Gasteiger partial charge in [0.2, 0.25) is 0 Å². The Bertz CT molecular complexity index is 2080. The second-order valence-electron chi connectivity index (χ2n) is 13.5. The van der Waals surface area contributed by atoms with Gasteiger partial charge in [0.25, 0.3) is 0 Å². The van der Waals surface area contributed by atoms with Crippen LogP contribution in [0.5, 0.6) is 11.5 Å². The molecule has 0 aliphatic carbocycles. The Morgan fingerprint density at radius 3 is 2.33 bits per heavy atom. The summed E-state index contributed by atoms with van der Waals surface area (Å²) in [5, 5.41) is 22.6. The molecule has 0 radical (unpaired) electrons. The van der Waals surface area contributed by atoms with Gasteiger partial charge in [-0.25, -0.2) is 15.0 Å². The van der Waals surface area contributed by atoms with Gasteiger partial charge in [0.05, 0.1) is 29.0 Å². The van der Waals surface area contributed by atoms with Crippen molar-refractivity contribution in [2.24, 2.45) is 5.41 Å². The van der Waals surface area contributed by atoms with Gasteiger partial charge >= 0.3 is 5.97 Å². The highest BCUT2D eigenvalue weighted by atomic mass is 32.2. The highest BCUT2D eigenvalue weighted by Crippen LogP contribution is 2.50. The summed E-state index contributed by atoms with van der Waals surface area (Å²) in [6.07, 6.45) is 4.22. The van der Waals surface area contributed by atoms with Gasteiger partial charge in [0, 0.05) is 43.1 Å². The fraction of sp³-hybridized carbons (Fsp3) is 0.300. The number of benzene rings is 3. The molecule has 0 spiro atoms. The van der Waals surface area contributed by atoms with E-state index in [1.807, 2.05) is 80.6 Å². The molecule has 0 aliphatic rings. The lowest BCUT2D eigenvalue weighted by Crippen LogP contribution is -2.38. The van der Waals surface area contributed by atoms with E-state index in [0.29, 0.717) is 31.7 Å². The number of pyridine rings is 1. The van der Waals surface area contributed by atoms with E-state index in [1.165, 1.54) is 12.4 Å². The first-order chi connectivity index (χ1) is 23.5. The normalized spacial score (nSPS) is 12.8. The predicted molar refractivity (Wildman–Crippen MR) is 196 cm³/mol. The first-order valence-corrected chi connectivity index (χ1v) is 17.5. The number of nitrogens with one attached hydrogen (secondary N) is 1.